The Bertz CT molecular complexity index is 809. The summed E-state index contributed by atoms with van der Waals surface area (Å²) < 4.78 is 12.8. The van der Waals surface area contributed by atoms with Crippen molar-refractivity contribution in [1.29, 1.82) is 0 Å². The van der Waals surface area contributed by atoms with Crippen LogP contribution in [0.3, 0.4) is 0 Å². The molecule has 4 heteroatoms. The van der Waals surface area contributed by atoms with Gasteiger partial charge < -0.3 is 14.4 Å². The summed E-state index contributed by atoms with van der Waals surface area (Å²) in [5, 5.41) is 0. The fourth-order valence-corrected chi connectivity index (χ4v) is 10.5. The Hall–Kier alpha value is -0.770. The maximum Gasteiger partial charge on any atom is 0.410 e. The zero-order chi connectivity index (χ0) is 25.9. The van der Waals surface area contributed by atoms with Gasteiger partial charge in [0.05, 0.1) is 6.10 Å². The molecule has 4 unspecified atom stereocenters. The van der Waals surface area contributed by atoms with Gasteiger partial charge in [0.25, 0.3) is 0 Å². The minimum Gasteiger partial charge on any atom is -0.446 e. The van der Waals surface area contributed by atoms with Gasteiger partial charge in [-0.1, -0.05) is 53.9 Å². The summed E-state index contributed by atoms with van der Waals surface area (Å²) in [5.41, 5.74) is 0.748. The molecule has 1 spiro atoms. The van der Waals surface area contributed by atoms with E-state index >= 15 is 0 Å². The molecule has 5 rings (SSSR count). The van der Waals surface area contributed by atoms with Gasteiger partial charge in [-0.2, -0.15) is 0 Å². The predicted octanol–water partition coefficient (Wildman–Crippen LogP) is 8.09. The molecule has 5 aliphatic rings. The second kappa shape index (κ2) is 9.76. The van der Waals surface area contributed by atoms with Gasteiger partial charge >= 0.3 is 6.09 Å². The molecule has 0 bridgehead atoms. The summed E-state index contributed by atoms with van der Waals surface area (Å²) in [7, 11) is 0. The van der Waals surface area contributed by atoms with Crippen molar-refractivity contribution in [2.24, 2.45) is 46.3 Å². The van der Waals surface area contributed by atoms with E-state index in [1.165, 1.54) is 51.4 Å². The molecule has 0 aromatic rings. The van der Waals surface area contributed by atoms with E-state index in [2.05, 4.69) is 34.6 Å². The first kappa shape index (κ1) is 26.8. The molecule has 1 aliphatic heterocycles. The van der Waals surface area contributed by atoms with Crippen LogP contribution in [-0.2, 0) is 9.47 Å². The van der Waals surface area contributed by atoms with Crippen molar-refractivity contribution in [2.75, 3.05) is 13.1 Å². The number of epoxide rings is 1. The van der Waals surface area contributed by atoms with Crippen molar-refractivity contribution >= 4 is 6.09 Å². The number of carbonyl (C=O) groups excluding carboxylic acids is 1. The molecular formula is C32H55NO3. The van der Waals surface area contributed by atoms with E-state index in [1.54, 1.807) is 4.90 Å². The zero-order valence-corrected chi connectivity index (χ0v) is 24.5. The third-order valence-corrected chi connectivity index (χ3v) is 12.5. The maximum atomic E-state index is 12.7. The van der Waals surface area contributed by atoms with Crippen molar-refractivity contribution < 1.29 is 14.3 Å². The second-order valence-electron chi connectivity index (χ2n) is 14.5. The highest BCUT2D eigenvalue weighted by atomic mass is 16.6. The van der Waals surface area contributed by atoms with E-state index in [0.717, 1.165) is 54.8 Å². The van der Waals surface area contributed by atoms with Crippen molar-refractivity contribution in [1.82, 2.24) is 4.90 Å². The number of amides is 1. The lowest BCUT2D eigenvalue weighted by Gasteiger charge is -2.59. The maximum absolute atomic E-state index is 12.7. The molecule has 5 fully saturated rings. The minimum atomic E-state index is -0.135. The van der Waals surface area contributed by atoms with Gasteiger partial charge in [-0.05, 0) is 99.7 Å². The van der Waals surface area contributed by atoms with Crippen LogP contribution in [0.15, 0.2) is 0 Å². The monoisotopic (exact) mass is 501 g/mol. The highest BCUT2D eigenvalue weighted by Crippen LogP contribution is 2.74. The van der Waals surface area contributed by atoms with E-state index in [1.807, 2.05) is 13.8 Å². The molecule has 4 nitrogen and oxygen atoms in total. The van der Waals surface area contributed by atoms with Gasteiger partial charge in [-0.3, -0.25) is 0 Å². The Morgan fingerprint density at radius 3 is 2.44 bits per heavy atom. The van der Waals surface area contributed by atoms with Crippen LogP contribution in [-0.4, -0.2) is 41.9 Å². The Balaban J connectivity index is 1.26. The summed E-state index contributed by atoms with van der Waals surface area (Å²) in [6, 6.07) is 0. The first-order valence-corrected chi connectivity index (χ1v) is 15.7. The van der Waals surface area contributed by atoms with Crippen LogP contribution in [0.4, 0.5) is 4.79 Å². The highest BCUT2D eigenvalue weighted by molar-refractivity contribution is 5.67. The Morgan fingerprint density at radius 1 is 1.00 bits per heavy atom. The molecule has 1 saturated heterocycles. The van der Waals surface area contributed by atoms with Crippen LogP contribution in [0.2, 0.25) is 0 Å². The molecule has 0 radical (unpaired) electrons. The number of hydrogen-bond acceptors (Lipinski definition) is 3. The third-order valence-electron chi connectivity index (χ3n) is 12.5. The summed E-state index contributed by atoms with van der Waals surface area (Å²) in [6.07, 6.45) is 14.5. The van der Waals surface area contributed by atoms with E-state index in [-0.39, 0.29) is 23.2 Å². The lowest BCUT2D eigenvalue weighted by Crippen LogP contribution is -2.59. The number of nitrogens with zero attached hydrogens (tertiary/aromatic N) is 1. The first-order chi connectivity index (χ1) is 17.1. The lowest BCUT2D eigenvalue weighted by atomic mass is 9.44. The number of hydrogen-bond donors (Lipinski definition) is 0. The van der Waals surface area contributed by atoms with Gasteiger partial charge in [0.15, 0.2) is 0 Å². The standard InChI is InChI=1S/C32H55NO3/c1-8-33(9-2)29(34)35-23-15-18-31(7)27-16-17-30(6)25(22(5)12-10-11-21(3)4)13-14-26(30)24(27)19-28-32(31,20-23)36-28/h21-28H,8-20H2,1-7H3/t22?,23-,24?,25+,26?,27?,28-,30+,31+,32-/m0/s1. The second-order valence-corrected chi connectivity index (χ2v) is 14.5. The van der Waals surface area contributed by atoms with Crippen molar-refractivity contribution in [3.8, 4) is 0 Å². The largest absolute Gasteiger partial charge is 0.446 e. The summed E-state index contributed by atoms with van der Waals surface area (Å²) >= 11 is 0. The quantitative estimate of drug-likeness (QED) is 0.316. The molecule has 1 amide bonds. The molecule has 206 valence electrons. The molecule has 0 aromatic carbocycles. The summed E-state index contributed by atoms with van der Waals surface area (Å²) in [4.78, 5) is 14.5. The molecule has 4 saturated carbocycles. The van der Waals surface area contributed by atoms with Gasteiger partial charge in [-0.15, -0.1) is 0 Å². The van der Waals surface area contributed by atoms with Gasteiger partial charge in [-0.25, -0.2) is 4.79 Å². The van der Waals surface area contributed by atoms with Crippen molar-refractivity contribution in [3.63, 3.8) is 0 Å². The fourth-order valence-electron chi connectivity index (χ4n) is 10.5. The first-order valence-electron chi connectivity index (χ1n) is 15.7. The fraction of sp³-hybridized carbons (Fsp3) is 0.969. The van der Waals surface area contributed by atoms with Crippen LogP contribution in [0.1, 0.15) is 119 Å². The smallest absolute Gasteiger partial charge is 0.410 e. The lowest BCUT2D eigenvalue weighted by molar-refractivity contribution is -0.118. The SMILES string of the molecule is CCN(CC)C(=O)O[C@H]1CC[C@]2(C)C3CC[C@@]4(C)C(CC[C@@H]4C(C)CCCC(C)C)C3C[C@@H]3O[C@@]32C1. The highest BCUT2D eigenvalue weighted by Gasteiger charge is 2.76. The van der Waals surface area contributed by atoms with Gasteiger partial charge in [0.1, 0.15) is 11.7 Å². The van der Waals surface area contributed by atoms with Crippen LogP contribution >= 0.6 is 0 Å². The van der Waals surface area contributed by atoms with Crippen LogP contribution < -0.4 is 0 Å². The summed E-state index contributed by atoms with van der Waals surface area (Å²) in [5.74, 6) is 5.09. The average molecular weight is 502 g/mol. The minimum absolute atomic E-state index is 0.0177. The van der Waals surface area contributed by atoms with Gasteiger partial charge in [0, 0.05) is 24.9 Å². The Morgan fingerprint density at radius 2 is 1.75 bits per heavy atom. The number of rotatable bonds is 8. The molecule has 0 aromatic heterocycles. The van der Waals surface area contributed by atoms with E-state index in [4.69, 9.17) is 9.47 Å². The topological polar surface area (TPSA) is 42.1 Å². The Labute approximate surface area is 221 Å². The Kier molecular flexibility index (Phi) is 7.27. The third kappa shape index (κ3) is 4.15. The van der Waals surface area contributed by atoms with E-state index in [0.29, 0.717) is 24.6 Å². The molecule has 4 aliphatic carbocycles. The molecule has 10 atom stereocenters. The number of carbonyl (C=O) groups is 1. The normalized spacial score (nSPS) is 45.8. The average Bonchev–Trinajstić information content (AvgIpc) is 3.40. The predicted molar refractivity (Wildman–Crippen MR) is 146 cm³/mol. The molecule has 36 heavy (non-hydrogen) atoms. The van der Waals surface area contributed by atoms with Crippen molar-refractivity contribution in [2.45, 2.75) is 137 Å². The molecule has 0 N–H and O–H groups in total. The number of ether oxygens (including phenoxy) is 2. The van der Waals surface area contributed by atoms with Crippen molar-refractivity contribution in [3.05, 3.63) is 0 Å². The van der Waals surface area contributed by atoms with Gasteiger partial charge in [0.2, 0.25) is 0 Å². The van der Waals surface area contributed by atoms with Crippen LogP contribution in [0.25, 0.3) is 0 Å². The van der Waals surface area contributed by atoms with Crippen LogP contribution in [0, 0.1) is 46.3 Å². The van der Waals surface area contributed by atoms with E-state index < -0.39 is 0 Å². The summed E-state index contributed by atoms with van der Waals surface area (Å²) in [6.45, 7) is 18.0. The number of fused-ring (bicyclic) bond motifs is 4. The molecular weight excluding hydrogens is 446 g/mol. The zero-order valence-electron chi connectivity index (χ0n) is 24.5. The molecule has 1 heterocycles. The van der Waals surface area contributed by atoms with E-state index in [9.17, 15) is 4.79 Å². The van der Waals surface area contributed by atoms with Crippen LogP contribution in [0.5, 0.6) is 0 Å².